The van der Waals surface area contributed by atoms with Crippen molar-refractivity contribution in [3.63, 3.8) is 0 Å². The minimum absolute atomic E-state index is 0.629. The van der Waals surface area contributed by atoms with Gasteiger partial charge in [0.15, 0.2) is 0 Å². The summed E-state index contributed by atoms with van der Waals surface area (Å²) in [6, 6.07) is 29.4. The van der Waals surface area contributed by atoms with E-state index in [9.17, 15) is 0 Å². The lowest BCUT2D eigenvalue weighted by Crippen LogP contribution is -2.24. The van der Waals surface area contributed by atoms with Crippen LogP contribution in [0.15, 0.2) is 90.0 Å². The first-order chi connectivity index (χ1) is 12.2. The van der Waals surface area contributed by atoms with E-state index >= 15 is 0 Å². The van der Waals surface area contributed by atoms with Crippen LogP contribution in [-0.2, 0) is 11.8 Å². The number of hydrazone groups is 1. The first-order valence-electron chi connectivity index (χ1n) is 7.74. The second kappa shape index (κ2) is 7.90. The van der Waals surface area contributed by atoms with Crippen molar-refractivity contribution in [1.82, 2.24) is 5.20 Å². The van der Waals surface area contributed by atoms with E-state index in [1.807, 2.05) is 72.8 Å². The lowest BCUT2D eigenvalue weighted by atomic mass is 10.2. The molecule has 0 aliphatic heterocycles. The number of hydrogen-bond donors (Lipinski definition) is 1. The summed E-state index contributed by atoms with van der Waals surface area (Å²) in [7, 11) is 0. The average Bonchev–Trinajstić information content (AvgIpc) is 2.70. The minimum Gasteiger partial charge on any atom is -0.272 e. The van der Waals surface area contributed by atoms with Crippen molar-refractivity contribution < 1.29 is 0 Å². The van der Waals surface area contributed by atoms with Gasteiger partial charge < -0.3 is 0 Å². The molecule has 3 rings (SSSR count). The molecule has 0 saturated carbocycles. The summed E-state index contributed by atoms with van der Waals surface area (Å²) in [5.41, 5.74) is 1.54. The second-order valence-electron chi connectivity index (χ2n) is 5.37. The number of nitrogens with zero attached hydrogens (tertiary/aromatic N) is 2. The van der Waals surface area contributed by atoms with Crippen LogP contribution in [-0.4, -0.2) is 6.21 Å². The third-order valence-corrected chi connectivity index (χ3v) is 7.65. The highest BCUT2D eigenvalue weighted by Crippen LogP contribution is 2.38. The Morgan fingerprint density at radius 2 is 1.36 bits per heavy atom. The van der Waals surface area contributed by atoms with Crippen molar-refractivity contribution in [1.29, 1.82) is 5.26 Å². The zero-order chi connectivity index (χ0) is 17.5. The van der Waals surface area contributed by atoms with Crippen LogP contribution in [0.4, 0.5) is 0 Å². The largest absolute Gasteiger partial charge is 0.272 e. The van der Waals surface area contributed by atoms with Gasteiger partial charge in [0.25, 0.3) is 0 Å². The average molecular weight is 361 g/mol. The second-order valence-corrected chi connectivity index (χ2v) is 9.47. The number of nitriles is 1. The lowest BCUT2D eigenvalue weighted by Gasteiger charge is -2.22. The molecule has 0 bridgehead atoms. The maximum atomic E-state index is 8.86. The van der Waals surface area contributed by atoms with Crippen molar-refractivity contribution >= 4 is 34.8 Å². The Bertz CT molecular complexity index is 902. The van der Waals surface area contributed by atoms with Gasteiger partial charge in [0.1, 0.15) is 6.19 Å². The monoisotopic (exact) mass is 361 g/mol. The zero-order valence-electron chi connectivity index (χ0n) is 13.4. The van der Waals surface area contributed by atoms with E-state index in [4.69, 9.17) is 17.1 Å². The molecule has 0 aliphatic rings. The van der Waals surface area contributed by atoms with Gasteiger partial charge in [-0.2, -0.15) is 10.4 Å². The Hall–Kier alpha value is -2.73. The van der Waals surface area contributed by atoms with Crippen LogP contribution in [0.2, 0.25) is 0 Å². The topological polar surface area (TPSA) is 48.2 Å². The molecule has 0 heterocycles. The highest BCUT2D eigenvalue weighted by molar-refractivity contribution is 8.20. The van der Waals surface area contributed by atoms with Crippen LogP contribution in [0.3, 0.4) is 0 Å². The highest BCUT2D eigenvalue weighted by atomic mass is 32.4. The third-order valence-electron chi connectivity index (χ3n) is 3.69. The summed E-state index contributed by atoms with van der Waals surface area (Å²) in [4.78, 5) is 0. The van der Waals surface area contributed by atoms with Gasteiger partial charge in [-0.15, -0.1) is 0 Å². The third kappa shape index (κ3) is 4.03. The molecule has 0 aromatic heterocycles. The fraction of sp³-hybridized carbons (Fsp3) is 0. The molecule has 0 fully saturated rings. The summed E-state index contributed by atoms with van der Waals surface area (Å²) in [5, 5.41) is 18.6. The summed E-state index contributed by atoms with van der Waals surface area (Å²) < 4.78 is 0. The molecule has 3 nitrogen and oxygen atoms in total. The van der Waals surface area contributed by atoms with E-state index in [0.717, 1.165) is 16.2 Å². The summed E-state index contributed by atoms with van der Waals surface area (Å²) in [6.45, 7) is 0. The molecule has 0 aliphatic carbocycles. The Kier molecular flexibility index (Phi) is 5.40. The van der Waals surface area contributed by atoms with E-state index in [1.54, 1.807) is 18.3 Å². The molecule has 1 N–H and O–H groups in total. The van der Waals surface area contributed by atoms with Crippen molar-refractivity contribution in [2.24, 2.45) is 5.10 Å². The molecule has 0 saturated heterocycles. The molecule has 0 amide bonds. The Morgan fingerprint density at radius 3 is 1.84 bits per heavy atom. The fourth-order valence-corrected chi connectivity index (χ4v) is 5.17. The van der Waals surface area contributed by atoms with Gasteiger partial charge in [-0.05, 0) is 17.7 Å². The SMILES string of the molecule is N#Cc1ccc(/C=N/NP(=S)(c2ccccc2)c2ccccc2)cc1. The normalized spacial score (nSPS) is 11.2. The molecular formula is C20H16N3PS. The van der Waals surface area contributed by atoms with E-state index in [0.29, 0.717) is 5.56 Å². The molecule has 0 spiro atoms. The number of hydrogen-bond acceptors (Lipinski definition) is 3. The summed E-state index contributed by atoms with van der Waals surface area (Å²) in [6.07, 6.45) is -0.513. The summed E-state index contributed by atoms with van der Waals surface area (Å²) in [5.74, 6) is 0. The van der Waals surface area contributed by atoms with Gasteiger partial charge in [0.05, 0.1) is 17.8 Å². The van der Waals surface area contributed by atoms with Crippen LogP contribution in [0, 0.1) is 11.3 Å². The van der Waals surface area contributed by atoms with Crippen LogP contribution < -0.4 is 15.8 Å². The predicted molar refractivity (Wildman–Crippen MR) is 108 cm³/mol. The Labute approximate surface area is 152 Å². The molecule has 0 atom stereocenters. The van der Waals surface area contributed by atoms with Gasteiger partial charge in [-0.3, -0.25) is 5.20 Å². The minimum atomic E-state index is -2.24. The van der Waals surface area contributed by atoms with E-state index in [-0.39, 0.29) is 0 Å². The van der Waals surface area contributed by atoms with E-state index < -0.39 is 6.19 Å². The molecule has 122 valence electrons. The smallest absolute Gasteiger partial charge is 0.106 e. The highest BCUT2D eigenvalue weighted by Gasteiger charge is 2.21. The molecular weight excluding hydrogens is 345 g/mol. The Balaban J connectivity index is 1.90. The standard InChI is InChI=1S/C20H16N3PS/c21-15-17-11-13-18(14-12-17)16-22-23-24(25,19-7-3-1-4-8-19)20-9-5-2-6-10-20/h1-14,16H,(H,23,25)/b22-16+. The number of rotatable bonds is 5. The van der Waals surface area contributed by atoms with Gasteiger partial charge in [0, 0.05) is 10.6 Å². The zero-order valence-corrected chi connectivity index (χ0v) is 15.1. The molecule has 0 radical (unpaired) electrons. The van der Waals surface area contributed by atoms with Crippen LogP contribution >= 0.6 is 6.19 Å². The van der Waals surface area contributed by atoms with Crippen LogP contribution in [0.1, 0.15) is 11.1 Å². The van der Waals surface area contributed by atoms with Crippen molar-refractivity contribution in [2.75, 3.05) is 0 Å². The van der Waals surface area contributed by atoms with Crippen molar-refractivity contribution in [3.05, 3.63) is 96.1 Å². The first-order valence-corrected chi connectivity index (χ1v) is 10.5. The van der Waals surface area contributed by atoms with Crippen molar-refractivity contribution in [3.8, 4) is 6.07 Å². The molecule has 0 unspecified atom stereocenters. The van der Waals surface area contributed by atoms with Crippen LogP contribution in [0.25, 0.3) is 0 Å². The Morgan fingerprint density at radius 1 is 0.840 bits per heavy atom. The van der Waals surface area contributed by atoms with Gasteiger partial charge >= 0.3 is 0 Å². The maximum absolute atomic E-state index is 8.86. The molecule has 5 heteroatoms. The van der Waals surface area contributed by atoms with Crippen LogP contribution in [0.5, 0.6) is 0 Å². The van der Waals surface area contributed by atoms with E-state index in [2.05, 4.69) is 16.4 Å². The number of benzene rings is 3. The van der Waals surface area contributed by atoms with E-state index in [1.165, 1.54) is 0 Å². The molecule has 3 aromatic carbocycles. The summed E-state index contributed by atoms with van der Waals surface area (Å²) >= 11 is 6.03. The van der Waals surface area contributed by atoms with Gasteiger partial charge in [-0.25, -0.2) is 0 Å². The van der Waals surface area contributed by atoms with Crippen molar-refractivity contribution in [2.45, 2.75) is 0 Å². The van der Waals surface area contributed by atoms with Gasteiger partial charge in [0.2, 0.25) is 0 Å². The van der Waals surface area contributed by atoms with Gasteiger partial charge in [-0.1, -0.05) is 84.6 Å². The first kappa shape index (κ1) is 17.1. The fourth-order valence-electron chi connectivity index (χ4n) is 2.37. The molecule has 25 heavy (non-hydrogen) atoms. The molecule has 3 aromatic rings. The predicted octanol–water partition coefficient (Wildman–Crippen LogP) is 3.53. The number of nitrogens with one attached hydrogen (secondary N) is 1. The quantitative estimate of drug-likeness (QED) is 0.430. The maximum Gasteiger partial charge on any atom is 0.106 e. The lowest BCUT2D eigenvalue weighted by molar-refractivity contribution is 1.11.